The monoisotopic (exact) mass is 527 g/mol. The zero-order valence-electron chi connectivity index (χ0n) is 22.0. The number of nitrogens with one attached hydrogen (secondary N) is 1. The number of carbonyl (C=O) groups excluding carboxylic acids is 4. The van der Waals surface area contributed by atoms with Crippen molar-refractivity contribution in [3.63, 3.8) is 0 Å². The van der Waals surface area contributed by atoms with E-state index in [1.54, 1.807) is 25.1 Å². The highest BCUT2D eigenvalue weighted by Crippen LogP contribution is 2.51. The Kier molecular flexibility index (Phi) is 6.44. The van der Waals surface area contributed by atoms with Crippen LogP contribution in [-0.2, 0) is 27.3 Å². The van der Waals surface area contributed by atoms with Gasteiger partial charge in [0.1, 0.15) is 17.1 Å². The van der Waals surface area contributed by atoms with E-state index in [1.165, 1.54) is 0 Å². The van der Waals surface area contributed by atoms with Crippen molar-refractivity contribution in [2.45, 2.75) is 45.8 Å². The number of rotatable bonds is 5. The molecule has 204 valence electrons. The van der Waals surface area contributed by atoms with Gasteiger partial charge >= 0.3 is 0 Å². The first-order chi connectivity index (χ1) is 17.5. The number of ketones is 3. The normalized spacial score (nSPS) is 25.3. The highest BCUT2D eigenvalue weighted by Gasteiger charge is 2.63. The zero-order valence-corrected chi connectivity index (χ0v) is 22.0. The van der Waals surface area contributed by atoms with Gasteiger partial charge in [0, 0.05) is 44.0 Å². The summed E-state index contributed by atoms with van der Waals surface area (Å²) in [4.78, 5) is 53.4. The van der Waals surface area contributed by atoms with Crippen LogP contribution in [0.25, 0.3) is 0 Å². The van der Waals surface area contributed by atoms with Crippen LogP contribution in [0.1, 0.15) is 48.7 Å². The first-order valence-corrected chi connectivity index (χ1v) is 12.3. The maximum atomic E-state index is 13.8. The summed E-state index contributed by atoms with van der Waals surface area (Å²) in [5.41, 5.74) is 2.27. The maximum absolute atomic E-state index is 13.8. The number of hydrogen-bond acceptors (Lipinski definition) is 10. The van der Waals surface area contributed by atoms with Crippen LogP contribution in [0.5, 0.6) is 5.75 Å². The topological polar surface area (TPSA) is 190 Å². The Balaban J connectivity index is 1.87. The molecular weight excluding hydrogens is 494 g/mol. The summed E-state index contributed by atoms with van der Waals surface area (Å²) >= 11 is 0. The lowest BCUT2D eigenvalue weighted by molar-refractivity contribution is -0.153. The van der Waals surface area contributed by atoms with Gasteiger partial charge in [-0.3, -0.25) is 19.2 Å². The largest absolute Gasteiger partial charge is 0.508 e. The van der Waals surface area contributed by atoms with Gasteiger partial charge < -0.3 is 36.4 Å². The standard InChI is InChI=1S/C27H33N3O8/c1-26(2,3)10-29-9-12-8-15(30(4)5)13-6-11-7-14-20(32)22(34)18(25(28)37)24(36)27(14,38)23(35)16(11)21(33)17(13)19(12)31/h8,11,14,29,31,34-35,38H,6-7,9-10H2,1-5H3,(H2,28,37)/t11?,14?,27-/m0/s1. The number of aliphatic hydroxyl groups is 3. The molecule has 7 N–H and O–H groups in total. The molecule has 0 spiro atoms. The van der Waals surface area contributed by atoms with Crippen molar-refractivity contribution in [3.8, 4) is 5.75 Å². The van der Waals surface area contributed by atoms with Crippen LogP contribution in [0, 0.1) is 17.3 Å². The van der Waals surface area contributed by atoms with Gasteiger partial charge in [-0.05, 0) is 35.8 Å². The van der Waals surface area contributed by atoms with Gasteiger partial charge in [0.05, 0.1) is 11.5 Å². The number of aromatic hydroxyl groups is 1. The lowest BCUT2D eigenvalue weighted by atomic mass is 9.59. The van der Waals surface area contributed by atoms with E-state index < -0.39 is 57.8 Å². The van der Waals surface area contributed by atoms with Crippen LogP contribution in [0.4, 0.5) is 5.69 Å². The fraction of sp³-hybridized carbons (Fsp3) is 0.481. The number of hydrogen-bond donors (Lipinski definition) is 6. The Labute approximate surface area is 219 Å². The summed E-state index contributed by atoms with van der Waals surface area (Å²) in [5.74, 6) is -9.77. The molecule has 1 aromatic rings. The minimum Gasteiger partial charge on any atom is -0.508 e. The number of aliphatic hydroxyl groups excluding tert-OH is 2. The van der Waals surface area contributed by atoms with Crippen molar-refractivity contribution in [2.24, 2.45) is 23.0 Å². The summed E-state index contributed by atoms with van der Waals surface area (Å²) in [6.45, 7) is 7.04. The third-order valence-electron chi connectivity index (χ3n) is 7.49. The second-order valence-electron chi connectivity index (χ2n) is 11.6. The number of anilines is 1. The molecule has 1 amide bonds. The number of nitrogens with two attached hydrogens (primary N) is 1. The Morgan fingerprint density at radius 1 is 1.18 bits per heavy atom. The Morgan fingerprint density at radius 2 is 1.82 bits per heavy atom. The number of phenolic OH excluding ortho intramolecular Hbond substituents is 1. The molecular formula is C27H33N3O8. The van der Waals surface area contributed by atoms with Gasteiger partial charge in [-0.15, -0.1) is 0 Å². The van der Waals surface area contributed by atoms with Crippen molar-refractivity contribution in [1.82, 2.24) is 5.32 Å². The van der Waals surface area contributed by atoms with E-state index in [-0.39, 0.29) is 41.7 Å². The van der Waals surface area contributed by atoms with Crippen molar-refractivity contribution in [3.05, 3.63) is 45.4 Å². The average molecular weight is 528 g/mol. The van der Waals surface area contributed by atoms with Gasteiger partial charge in [-0.1, -0.05) is 20.8 Å². The molecule has 0 radical (unpaired) electrons. The number of benzene rings is 1. The summed E-state index contributed by atoms with van der Waals surface area (Å²) < 4.78 is 0. The third kappa shape index (κ3) is 3.97. The Bertz CT molecular complexity index is 1350. The number of Topliss-reactive ketones (excluding diaryl/α,β-unsaturated/α-hetero) is 3. The molecule has 0 bridgehead atoms. The fourth-order valence-corrected chi connectivity index (χ4v) is 5.68. The molecule has 0 aliphatic heterocycles. The predicted molar refractivity (Wildman–Crippen MR) is 137 cm³/mol. The van der Waals surface area contributed by atoms with E-state index in [4.69, 9.17) is 5.73 Å². The highest BCUT2D eigenvalue weighted by atomic mass is 16.4. The first-order valence-electron chi connectivity index (χ1n) is 12.3. The zero-order chi connectivity index (χ0) is 28.5. The van der Waals surface area contributed by atoms with Crippen LogP contribution in [0.3, 0.4) is 0 Å². The number of carbonyl (C=O) groups is 4. The van der Waals surface area contributed by atoms with Crippen LogP contribution >= 0.6 is 0 Å². The molecule has 0 heterocycles. The number of fused-ring (bicyclic) bond motifs is 3. The second kappa shape index (κ2) is 8.95. The molecule has 1 aromatic carbocycles. The van der Waals surface area contributed by atoms with E-state index in [0.29, 0.717) is 23.4 Å². The first kappa shape index (κ1) is 27.3. The van der Waals surface area contributed by atoms with E-state index in [9.17, 15) is 39.6 Å². The van der Waals surface area contributed by atoms with Gasteiger partial charge in [-0.25, -0.2) is 0 Å². The summed E-state index contributed by atoms with van der Waals surface area (Å²) in [5, 5.41) is 47.2. The number of allylic oxidation sites excluding steroid dienone is 2. The van der Waals surface area contributed by atoms with E-state index in [1.807, 2.05) is 20.8 Å². The predicted octanol–water partition coefficient (Wildman–Crippen LogP) is 0.961. The molecule has 3 aliphatic rings. The van der Waals surface area contributed by atoms with Gasteiger partial charge in [0.2, 0.25) is 11.6 Å². The Hall–Kier alpha value is -3.70. The minimum absolute atomic E-state index is 0.0292. The van der Waals surface area contributed by atoms with Crippen LogP contribution in [-0.4, -0.2) is 69.9 Å². The summed E-state index contributed by atoms with van der Waals surface area (Å²) in [6.07, 6.45) is -0.150. The average Bonchev–Trinajstić information content (AvgIpc) is 2.79. The molecule has 11 nitrogen and oxygen atoms in total. The maximum Gasteiger partial charge on any atom is 0.256 e. The van der Waals surface area contributed by atoms with Crippen molar-refractivity contribution in [1.29, 1.82) is 0 Å². The van der Waals surface area contributed by atoms with Gasteiger partial charge in [-0.2, -0.15) is 0 Å². The molecule has 3 aliphatic carbocycles. The minimum atomic E-state index is -2.95. The Morgan fingerprint density at radius 3 is 2.37 bits per heavy atom. The van der Waals surface area contributed by atoms with Crippen LogP contribution < -0.4 is 16.0 Å². The molecule has 38 heavy (non-hydrogen) atoms. The number of phenols is 1. The SMILES string of the molecule is CN(C)c1cc(CNCC(C)(C)C)c(O)c2c1CC1CC3C(=O)C(O)=C(C(N)=O)C(=O)[C@@]3(O)C(O)=C1C2=O. The van der Waals surface area contributed by atoms with Gasteiger partial charge in [0.25, 0.3) is 5.91 Å². The molecule has 0 saturated heterocycles. The van der Waals surface area contributed by atoms with Crippen molar-refractivity contribution in [2.75, 3.05) is 25.5 Å². The lowest BCUT2D eigenvalue weighted by Gasteiger charge is -2.45. The van der Waals surface area contributed by atoms with Crippen molar-refractivity contribution < 1.29 is 39.6 Å². The summed E-state index contributed by atoms with van der Waals surface area (Å²) in [6, 6.07) is 1.77. The summed E-state index contributed by atoms with van der Waals surface area (Å²) in [7, 11) is 3.56. The van der Waals surface area contributed by atoms with Crippen molar-refractivity contribution >= 4 is 28.9 Å². The van der Waals surface area contributed by atoms with E-state index >= 15 is 0 Å². The van der Waals surface area contributed by atoms with Crippen LogP contribution in [0.15, 0.2) is 28.7 Å². The lowest BCUT2D eigenvalue weighted by Crippen LogP contribution is -2.60. The quantitative estimate of drug-likeness (QED) is 0.301. The number of primary amides is 1. The second-order valence-corrected chi connectivity index (χ2v) is 11.6. The highest BCUT2D eigenvalue weighted by molar-refractivity contribution is 6.30. The molecule has 11 heteroatoms. The smallest absolute Gasteiger partial charge is 0.256 e. The van der Waals surface area contributed by atoms with Crippen LogP contribution in [0.2, 0.25) is 0 Å². The molecule has 0 saturated carbocycles. The van der Waals surface area contributed by atoms with Gasteiger partial charge in [0.15, 0.2) is 17.1 Å². The molecule has 0 fully saturated rings. The molecule has 2 unspecified atom stereocenters. The van der Waals surface area contributed by atoms with E-state index in [0.717, 1.165) is 0 Å². The molecule has 4 rings (SSSR count). The molecule has 0 aromatic heterocycles. The fourth-order valence-electron chi connectivity index (χ4n) is 5.68. The number of amides is 1. The number of nitrogens with zero attached hydrogens (tertiary/aromatic N) is 1. The third-order valence-corrected chi connectivity index (χ3v) is 7.49. The molecule has 3 atom stereocenters. The van der Waals surface area contributed by atoms with E-state index in [2.05, 4.69) is 5.32 Å².